The van der Waals surface area contributed by atoms with E-state index in [0.717, 1.165) is 17.1 Å². The molecule has 1 heterocycles. The molecule has 2 aliphatic rings. The molecule has 1 aliphatic carbocycles. The molecule has 1 aromatic rings. The molecule has 4 atom stereocenters. The van der Waals surface area contributed by atoms with Crippen molar-refractivity contribution in [3.63, 3.8) is 0 Å². The normalized spacial score (nSPS) is 31.8. The van der Waals surface area contributed by atoms with Crippen molar-refractivity contribution in [2.24, 2.45) is 5.92 Å². The molecule has 4 N–H and O–H groups in total. The number of hydrogen-bond acceptors (Lipinski definition) is 6. The summed E-state index contributed by atoms with van der Waals surface area (Å²) in [5.41, 5.74) is 0.953. The van der Waals surface area contributed by atoms with Crippen molar-refractivity contribution in [1.29, 1.82) is 0 Å². The molecule has 0 bridgehead atoms. The lowest BCUT2D eigenvalue weighted by Crippen LogP contribution is -2.39. The molecule has 4 unspecified atom stereocenters. The Hall–Kier alpha value is -1.34. The number of aliphatic hydroxyl groups is 3. The summed E-state index contributed by atoms with van der Waals surface area (Å²) in [6.07, 6.45) is -1.19. The Labute approximate surface area is 116 Å². The molecule has 1 aromatic carbocycles. The lowest BCUT2D eigenvalue weighted by atomic mass is 10.1. The quantitative estimate of drug-likeness (QED) is 0.601. The van der Waals surface area contributed by atoms with E-state index in [1.54, 1.807) is 0 Å². The summed E-state index contributed by atoms with van der Waals surface area (Å²) in [5, 5.41) is 32.1. The minimum atomic E-state index is -0.876. The van der Waals surface area contributed by atoms with Gasteiger partial charge >= 0.3 is 0 Å². The first-order valence-corrected chi connectivity index (χ1v) is 6.78. The van der Waals surface area contributed by atoms with Gasteiger partial charge in [-0.25, -0.2) is 0 Å². The van der Waals surface area contributed by atoms with Gasteiger partial charge in [0, 0.05) is 30.7 Å². The van der Waals surface area contributed by atoms with Crippen molar-refractivity contribution in [2.45, 2.75) is 31.2 Å². The van der Waals surface area contributed by atoms with Crippen LogP contribution in [0.25, 0.3) is 0 Å². The third kappa shape index (κ3) is 2.35. The molecular weight excluding hydrogens is 262 g/mol. The topological polar surface area (TPSA) is 91.2 Å². The second-order valence-electron chi connectivity index (χ2n) is 5.30. The maximum absolute atomic E-state index is 9.95. The van der Waals surface area contributed by atoms with Crippen LogP contribution in [0.4, 0.5) is 0 Å². The monoisotopic (exact) mass is 281 g/mol. The van der Waals surface area contributed by atoms with Gasteiger partial charge in [0.2, 0.25) is 6.79 Å². The Morgan fingerprint density at radius 3 is 2.80 bits per heavy atom. The van der Waals surface area contributed by atoms with Gasteiger partial charge < -0.3 is 30.1 Å². The van der Waals surface area contributed by atoms with Crippen LogP contribution < -0.4 is 14.8 Å². The van der Waals surface area contributed by atoms with E-state index in [4.69, 9.17) is 14.6 Å². The lowest BCUT2D eigenvalue weighted by Gasteiger charge is -2.18. The molecule has 1 saturated carbocycles. The van der Waals surface area contributed by atoms with Crippen LogP contribution in [0.3, 0.4) is 0 Å². The number of hydrogen-bond donors (Lipinski definition) is 4. The Bertz CT molecular complexity index is 481. The van der Waals surface area contributed by atoms with E-state index in [1.807, 2.05) is 18.2 Å². The van der Waals surface area contributed by atoms with Crippen LogP contribution in [-0.2, 0) is 6.54 Å². The van der Waals surface area contributed by atoms with E-state index in [0.29, 0.717) is 13.0 Å². The Kier molecular flexibility index (Phi) is 3.80. The van der Waals surface area contributed by atoms with Crippen molar-refractivity contribution in [3.8, 4) is 11.5 Å². The second-order valence-corrected chi connectivity index (χ2v) is 5.30. The molecule has 20 heavy (non-hydrogen) atoms. The zero-order chi connectivity index (χ0) is 14.1. The Balaban J connectivity index is 1.65. The average molecular weight is 281 g/mol. The molecule has 0 saturated heterocycles. The van der Waals surface area contributed by atoms with Gasteiger partial charge in [0.1, 0.15) is 0 Å². The highest BCUT2D eigenvalue weighted by Crippen LogP contribution is 2.35. The predicted octanol–water partition coefficient (Wildman–Crippen LogP) is -0.393. The SMILES string of the molecule is OCC1CC(NCc2cccc3c2OCO3)C(O)C1O. The van der Waals surface area contributed by atoms with Gasteiger partial charge in [-0.05, 0) is 12.5 Å². The fourth-order valence-electron chi connectivity index (χ4n) is 2.88. The molecule has 0 spiro atoms. The van der Waals surface area contributed by atoms with Crippen LogP contribution >= 0.6 is 0 Å². The first kappa shape index (κ1) is 13.6. The molecule has 0 amide bonds. The molecule has 0 radical (unpaired) electrons. The molecule has 1 fully saturated rings. The van der Waals surface area contributed by atoms with E-state index in [9.17, 15) is 10.2 Å². The second kappa shape index (κ2) is 5.57. The summed E-state index contributed by atoms with van der Waals surface area (Å²) in [6.45, 7) is 0.622. The molecule has 110 valence electrons. The molecule has 6 nitrogen and oxygen atoms in total. The van der Waals surface area contributed by atoms with Gasteiger partial charge in [0.05, 0.1) is 12.2 Å². The van der Waals surface area contributed by atoms with Crippen molar-refractivity contribution in [1.82, 2.24) is 5.32 Å². The van der Waals surface area contributed by atoms with Crippen molar-refractivity contribution in [2.75, 3.05) is 13.4 Å². The summed E-state index contributed by atoms with van der Waals surface area (Å²) in [6, 6.07) is 5.44. The minimum absolute atomic E-state index is 0.117. The van der Waals surface area contributed by atoms with Gasteiger partial charge in [-0.2, -0.15) is 0 Å². The number of rotatable bonds is 4. The van der Waals surface area contributed by atoms with Crippen LogP contribution in [0.2, 0.25) is 0 Å². The number of fused-ring (bicyclic) bond motifs is 1. The zero-order valence-electron chi connectivity index (χ0n) is 11.0. The van der Waals surface area contributed by atoms with Gasteiger partial charge in [-0.1, -0.05) is 12.1 Å². The lowest BCUT2D eigenvalue weighted by molar-refractivity contribution is -0.000351. The fraction of sp³-hybridized carbons (Fsp3) is 0.571. The molecule has 3 rings (SSSR count). The van der Waals surface area contributed by atoms with Crippen LogP contribution in [-0.4, -0.2) is 47.0 Å². The molecule has 0 aromatic heterocycles. The number of para-hydroxylation sites is 1. The van der Waals surface area contributed by atoms with Crippen molar-refractivity contribution in [3.05, 3.63) is 23.8 Å². The largest absolute Gasteiger partial charge is 0.454 e. The van der Waals surface area contributed by atoms with E-state index >= 15 is 0 Å². The first-order chi connectivity index (χ1) is 9.70. The van der Waals surface area contributed by atoms with Crippen LogP contribution in [0.5, 0.6) is 11.5 Å². The van der Waals surface area contributed by atoms with Gasteiger partial charge in [-0.15, -0.1) is 0 Å². The third-order valence-corrected chi connectivity index (χ3v) is 4.07. The summed E-state index contributed by atoms with van der Waals surface area (Å²) < 4.78 is 10.7. The fourth-order valence-corrected chi connectivity index (χ4v) is 2.88. The van der Waals surface area contributed by atoms with Crippen molar-refractivity contribution < 1.29 is 24.8 Å². The van der Waals surface area contributed by atoms with Crippen LogP contribution in [0.15, 0.2) is 18.2 Å². The maximum Gasteiger partial charge on any atom is 0.231 e. The maximum atomic E-state index is 9.95. The Morgan fingerprint density at radius 1 is 1.20 bits per heavy atom. The predicted molar refractivity (Wildman–Crippen MR) is 70.4 cm³/mol. The highest BCUT2D eigenvalue weighted by Gasteiger charge is 2.40. The number of benzene rings is 1. The molecule has 1 aliphatic heterocycles. The summed E-state index contributed by atoms with van der Waals surface area (Å²) in [4.78, 5) is 0. The van der Waals surface area contributed by atoms with Gasteiger partial charge in [-0.3, -0.25) is 0 Å². The van der Waals surface area contributed by atoms with Crippen LogP contribution in [0, 0.1) is 5.92 Å². The highest BCUT2D eigenvalue weighted by molar-refractivity contribution is 5.48. The van der Waals surface area contributed by atoms with Gasteiger partial charge in [0.15, 0.2) is 11.5 Å². The number of aliphatic hydroxyl groups excluding tert-OH is 3. The number of nitrogens with one attached hydrogen (secondary N) is 1. The summed E-state index contributed by atoms with van der Waals surface area (Å²) in [7, 11) is 0. The van der Waals surface area contributed by atoms with Crippen molar-refractivity contribution >= 4 is 0 Å². The summed E-state index contributed by atoms with van der Waals surface area (Å²) in [5.74, 6) is 1.18. The first-order valence-electron chi connectivity index (χ1n) is 6.78. The van der Waals surface area contributed by atoms with E-state index in [-0.39, 0.29) is 25.4 Å². The Morgan fingerprint density at radius 2 is 2.05 bits per heavy atom. The number of ether oxygens (including phenoxy) is 2. The van der Waals surface area contributed by atoms with Crippen LogP contribution in [0.1, 0.15) is 12.0 Å². The smallest absolute Gasteiger partial charge is 0.231 e. The van der Waals surface area contributed by atoms with E-state index in [1.165, 1.54) is 0 Å². The zero-order valence-corrected chi connectivity index (χ0v) is 11.0. The standard InChI is InChI=1S/C14H19NO5/c16-6-9-4-10(13(18)12(9)17)15-5-8-2-1-3-11-14(8)20-7-19-11/h1-3,9-10,12-13,15-18H,4-7H2. The highest BCUT2D eigenvalue weighted by atomic mass is 16.7. The third-order valence-electron chi connectivity index (χ3n) is 4.07. The molecular formula is C14H19NO5. The van der Waals surface area contributed by atoms with E-state index < -0.39 is 12.2 Å². The minimum Gasteiger partial charge on any atom is -0.454 e. The summed E-state index contributed by atoms with van der Waals surface area (Å²) >= 11 is 0. The van der Waals surface area contributed by atoms with E-state index in [2.05, 4.69) is 5.32 Å². The molecule has 6 heteroatoms. The van der Waals surface area contributed by atoms with Gasteiger partial charge in [0.25, 0.3) is 0 Å². The average Bonchev–Trinajstić information content (AvgIpc) is 3.04.